The van der Waals surface area contributed by atoms with Crippen LogP contribution in [0.1, 0.15) is 50.5 Å². The molecular formula is C22H34IN3O2. The SMILES string of the molecule is CN=C(NCc1ccc(OC2CCCCC2)cc1)N1CCC2(CCOC2)C1.I. The molecule has 5 nitrogen and oxygen atoms in total. The number of ether oxygens (including phenoxy) is 2. The number of likely N-dealkylation sites (tertiary alicyclic amines) is 1. The van der Waals surface area contributed by atoms with Crippen LogP contribution in [0.15, 0.2) is 29.3 Å². The van der Waals surface area contributed by atoms with Crippen molar-refractivity contribution in [1.82, 2.24) is 10.2 Å². The largest absolute Gasteiger partial charge is 0.490 e. The van der Waals surface area contributed by atoms with E-state index in [-0.39, 0.29) is 24.0 Å². The zero-order chi connectivity index (χ0) is 18.5. The summed E-state index contributed by atoms with van der Waals surface area (Å²) in [6, 6.07) is 8.54. The average Bonchev–Trinajstić information content (AvgIpc) is 3.34. The number of halogens is 1. The summed E-state index contributed by atoms with van der Waals surface area (Å²) in [7, 11) is 1.87. The van der Waals surface area contributed by atoms with Crippen LogP contribution in [0.2, 0.25) is 0 Å². The quantitative estimate of drug-likeness (QED) is 0.383. The molecule has 2 heterocycles. The Labute approximate surface area is 186 Å². The van der Waals surface area contributed by atoms with Crippen LogP contribution in [0, 0.1) is 5.41 Å². The van der Waals surface area contributed by atoms with Gasteiger partial charge in [-0.15, -0.1) is 24.0 Å². The molecule has 156 valence electrons. The number of benzene rings is 1. The van der Waals surface area contributed by atoms with Crippen LogP contribution < -0.4 is 10.1 Å². The van der Waals surface area contributed by atoms with Crippen molar-refractivity contribution < 1.29 is 9.47 Å². The van der Waals surface area contributed by atoms with Gasteiger partial charge in [-0.2, -0.15) is 0 Å². The third-order valence-electron chi connectivity index (χ3n) is 6.36. The highest BCUT2D eigenvalue weighted by Gasteiger charge is 2.42. The van der Waals surface area contributed by atoms with Gasteiger partial charge >= 0.3 is 0 Å². The van der Waals surface area contributed by atoms with E-state index in [0.717, 1.165) is 44.6 Å². The molecule has 0 aromatic heterocycles. The third-order valence-corrected chi connectivity index (χ3v) is 6.36. The third kappa shape index (κ3) is 5.32. The molecule has 1 spiro atoms. The average molecular weight is 499 g/mol. The van der Waals surface area contributed by atoms with Gasteiger partial charge in [0.05, 0.1) is 12.7 Å². The first-order valence-electron chi connectivity index (χ1n) is 10.6. The Bertz CT molecular complexity index is 638. The van der Waals surface area contributed by atoms with Gasteiger partial charge in [-0.3, -0.25) is 4.99 Å². The smallest absolute Gasteiger partial charge is 0.193 e. The predicted octanol–water partition coefficient (Wildman–Crippen LogP) is 4.20. The van der Waals surface area contributed by atoms with Gasteiger partial charge in [0.2, 0.25) is 0 Å². The van der Waals surface area contributed by atoms with Crippen LogP contribution in [-0.4, -0.2) is 50.3 Å². The Morgan fingerprint density at radius 2 is 2.00 bits per heavy atom. The van der Waals surface area contributed by atoms with E-state index in [1.165, 1.54) is 50.5 Å². The topological polar surface area (TPSA) is 46.1 Å². The molecule has 3 aliphatic rings. The van der Waals surface area contributed by atoms with Crippen LogP contribution >= 0.6 is 24.0 Å². The summed E-state index contributed by atoms with van der Waals surface area (Å²) in [5.41, 5.74) is 1.61. The maximum absolute atomic E-state index is 6.13. The Morgan fingerprint density at radius 1 is 1.21 bits per heavy atom. The summed E-state index contributed by atoms with van der Waals surface area (Å²) in [5.74, 6) is 2.00. The number of aliphatic imine (C=N–C) groups is 1. The maximum Gasteiger partial charge on any atom is 0.193 e. The van der Waals surface area contributed by atoms with Crippen LogP contribution in [-0.2, 0) is 11.3 Å². The van der Waals surface area contributed by atoms with Gasteiger partial charge in [0.1, 0.15) is 5.75 Å². The standard InChI is InChI=1S/C22H33N3O2.HI/c1-23-21(25-13-11-22(16-25)12-14-26-17-22)24-15-18-7-9-20(10-8-18)27-19-5-3-2-4-6-19;/h7-10,19H,2-6,11-17H2,1H3,(H,23,24);1H. The number of hydrogen-bond donors (Lipinski definition) is 1. The molecule has 1 unspecified atom stereocenters. The molecule has 1 N–H and O–H groups in total. The second-order valence-electron chi connectivity index (χ2n) is 8.40. The molecule has 0 radical (unpaired) electrons. The van der Waals surface area contributed by atoms with Crippen molar-refractivity contribution in [2.75, 3.05) is 33.4 Å². The van der Waals surface area contributed by atoms with E-state index in [9.17, 15) is 0 Å². The molecule has 3 fully saturated rings. The van der Waals surface area contributed by atoms with Crippen molar-refractivity contribution in [1.29, 1.82) is 0 Å². The fraction of sp³-hybridized carbons (Fsp3) is 0.682. The molecule has 2 saturated heterocycles. The van der Waals surface area contributed by atoms with Crippen molar-refractivity contribution >= 4 is 29.9 Å². The summed E-state index contributed by atoms with van der Waals surface area (Å²) in [6.07, 6.45) is 9.15. The summed E-state index contributed by atoms with van der Waals surface area (Å²) in [4.78, 5) is 6.88. The second kappa shape index (κ2) is 10.1. The van der Waals surface area contributed by atoms with Crippen molar-refractivity contribution in [2.24, 2.45) is 10.4 Å². The summed E-state index contributed by atoms with van der Waals surface area (Å²) < 4.78 is 11.8. The van der Waals surface area contributed by atoms with Crippen LogP contribution in [0.4, 0.5) is 0 Å². The molecule has 0 bridgehead atoms. The Morgan fingerprint density at radius 3 is 2.68 bits per heavy atom. The first kappa shape index (κ1) is 21.7. The van der Waals surface area contributed by atoms with E-state index in [1.54, 1.807) is 0 Å². The van der Waals surface area contributed by atoms with Gasteiger partial charge in [0.25, 0.3) is 0 Å². The number of hydrogen-bond acceptors (Lipinski definition) is 3. The molecular weight excluding hydrogens is 465 g/mol. The molecule has 1 saturated carbocycles. The molecule has 1 aromatic carbocycles. The number of nitrogens with one attached hydrogen (secondary N) is 1. The summed E-state index contributed by atoms with van der Waals surface area (Å²) in [6.45, 7) is 4.73. The van der Waals surface area contributed by atoms with Crippen molar-refractivity contribution in [3.05, 3.63) is 29.8 Å². The minimum atomic E-state index is 0. The highest BCUT2D eigenvalue weighted by Crippen LogP contribution is 2.38. The van der Waals surface area contributed by atoms with E-state index in [0.29, 0.717) is 11.5 Å². The molecule has 0 amide bonds. The molecule has 1 aromatic rings. The lowest BCUT2D eigenvalue weighted by Gasteiger charge is -2.25. The van der Waals surface area contributed by atoms with Gasteiger partial charge in [-0.1, -0.05) is 18.6 Å². The monoisotopic (exact) mass is 499 g/mol. The lowest BCUT2D eigenvalue weighted by Crippen LogP contribution is -2.41. The van der Waals surface area contributed by atoms with Gasteiger partial charge in [0.15, 0.2) is 5.96 Å². The van der Waals surface area contributed by atoms with Crippen LogP contribution in [0.25, 0.3) is 0 Å². The van der Waals surface area contributed by atoms with Crippen LogP contribution in [0.3, 0.4) is 0 Å². The molecule has 2 aliphatic heterocycles. The fourth-order valence-electron chi connectivity index (χ4n) is 4.66. The van der Waals surface area contributed by atoms with Crippen molar-refractivity contribution in [2.45, 2.75) is 57.6 Å². The summed E-state index contributed by atoms with van der Waals surface area (Å²) >= 11 is 0. The van der Waals surface area contributed by atoms with Gasteiger partial charge in [-0.05, 0) is 56.2 Å². The Kier molecular flexibility index (Phi) is 7.85. The number of rotatable bonds is 4. The van der Waals surface area contributed by atoms with Crippen molar-refractivity contribution in [3.63, 3.8) is 0 Å². The predicted molar refractivity (Wildman–Crippen MR) is 124 cm³/mol. The minimum absolute atomic E-state index is 0. The normalized spacial score (nSPS) is 25.8. The van der Waals surface area contributed by atoms with E-state index in [4.69, 9.17) is 9.47 Å². The van der Waals surface area contributed by atoms with Gasteiger partial charge in [0, 0.05) is 38.7 Å². The summed E-state index contributed by atoms with van der Waals surface area (Å²) in [5, 5.41) is 3.53. The van der Waals surface area contributed by atoms with Crippen LogP contribution in [0.5, 0.6) is 5.75 Å². The Balaban J connectivity index is 0.00000225. The minimum Gasteiger partial charge on any atom is -0.490 e. The lowest BCUT2D eigenvalue weighted by atomic mass is 9.87. The molecule has 1 atom stereocenters. The Hall–Kier alpha value is -1.02. The van der Waals surface area contributed by atoms with E-state index in [1.807, 2.05) is 7.05 Å². The zero-order valence-electron chi connectivity index (χ0n) is 17.0. The van der Waals surface area contributed by atoms with Crippen molar-refractivity contribution in [3.8, 4) is 5.75 Å². The van der Waals surface area contributed by atoms with Gasteiger partial charge in [-0.25, -0.2) is 0 Å². The first-order chi connectivity index (χ1) is 13.3. The first-order valence-corrected chi connectivity index (χ1v) is 10.6. The van der Waals surface area contributed by atoms with Gasteiger partial charge < -0.3 is 19.7 Å². The number of guanidine groups is 1. The second-order valence-corrected chi connectivity index (χ2v) is 8.40. The van der Waals surface area contributed by atoms with E-state index < -0.39 is 0 Å². The van der Waals surface area contributed by atoms with E-state index >= 15 is 0 Å². The highest BCUT2D eigenvalue weighted by atomic mass is 127. The fourth-order valence-corrected chi connectivity index (χ4v) is 4.66. The maximum atomic E-state index is 6.13. The van der Waals surface area contributed by atoms with E-state index in [2.05, 4.69) is 39.5 Å². The molecule has 28 heavy (non-hydrogen) atoms. The number of nitrogens with zero attached hydrogens (tertiary/aromatic N) is 2. The molecule has 4 rings (SSSR count). The zero-order valence-corrected chi connectivity index (χ0v) is 19.3. The highest BCUT2D eigenvalue weighted by molar-refractivity contribution is 14.0. The molecule has 1 aliphatic carbocycles. The lowest BCUT2D eigenvalue weighted by molar-refractivity contribution is 0.155. The molecule has 6 heteroatoms.